The Balaban J connectivity index is 5.14. The number of phosphoric acid groups is 2. The lowest BCUT2D eigenvalue weighted by molar-refractivity contribution is -0.161. The second kappa shape index (κ2) is 65.0. The van der Waals surface area contributed by atoms with Crippen molar-refractivity contribution >= 4 is 39.5 Å². The zero-order valence-corrected chi connectivity index (χ0v) is 61.6. The lowest BCUT2D eigenvalue weighted by Crippen LogP contribution is -2.30. The van der Waals surface area contributed by atoms with Crippen molar-refractivity contribution in [1.29, 1.82) is 0 Å². The van der Waals surface area contributed by atoms with Crippen LogP contribution in [0.1, 0.15) is 375 Å². The minimum Gasteiger partial charge on any atom is -0.462 e. The summed E-state index contributed by atoms with van der Waals surface area (Å²) in [6.07, 6.45) is 51.4. The van der Waals surface area contributed by atoms with E-state index in [1.165, 1.54) is 193 Å². The molecule has 17 nitrogen and oxygen atoms in total. The van der Waals surface area contributed by atoms with Crippen molar-refractivity contribution in [3.63, 3.8) is 0 Å². The van der Waals surface area contributed by atoms with Crippen molar-refractivity contribution in [2.75, 3.05) is 39.6 Å². The van der Waals surface area contributed by atoms with E-state index in [0.29, 0.717) is 25.7 Å². The molecule has 0 aliphatic carbocycles. The smallest absolute Gasteiger partial charge is 0.462 e. The molecule has 546 valence electrons. The van der Waals surface area contributed by atoms with Crippen molar-refractivity contribution in [3.05, 3.63) is 0 Å². The molecule has 0 radical (unpaired) electrons. The largest absolute Gasteiger partial charge is 0.472 e. The number of ether oxygens (including phenoxy) is 4. The highest BCUT2D eigenvalue weighted by Gasteiger charge is 2.30. The molecule has 0 rings (SSSR count). The van der Waals surface area contributed by atoms with Crippen molar-refractivity contribution in [2.45, 2.75) is 394 Å². The second-order valence-corrected chi connectivity index (χ2v) is 29.7. The number of carbonyl (C=O) groups excluding carboxylic acids is 4. The number of unbranched alkanes of at least 4 members (excludes halogenated alkanes) is 40. The Labute approximate surface area is 562 Å². The van der Waals surface area contributed by atoms with Crippen LogP contribution in [0.2, 0.25) is 0 Å². The van der Waals surface area contributed by atoms with E-state index in [0.717, 1.165) is 102 Å². The van der Waals surface area contributed by atoms with Gasteiger partial charge in [0.15, 0.2) is 12.2 Å². The Morgan fingerprint density at radius 2 is 0.522 bits per heavy atom. The molecular formula is C73H142O17P2. The molecule has 92 heavy (non-hydrogen) atoms. The van der Waals surface area contributed by atoms with Crippen molar-refractivity contribution in [3.8, 4) is 0 Å². The average molecular weight is 1350 g/mol. The molecule has 4 unspecified atom stereocenters. The number of aliphatic hydroxyl groups is 1. The topological polar surface area (TPSA) is 237 Å². The fourth-order valence-electron chi connectivity index (χ4n) is 11.1. The summed E-state index contributed by atoms with van der Waals surface area (Å²) >= 11 is 0. The number of aliphatic hydroxyl groups excluding tert-OH is 1. The fraction of sp³-hybridized carbons (Fsp3) is 0.945. The molecule has 19 heteroatoms. The minimum absolute atomic E-state index is 0.106. The maximum absolute atomic E-state index is 13.1. The molecule has 3 N–H and O–H groups in total. The molecule has 0 aromatic carbocycles. The van der Waals surface area contributed by atoms with Crippen LogP contribution in [-0.2, 0) is 65.4 Å². The molecule has 0 saturated carbocycles. The van der Waals surface area contributed by atoms with E-state index in [-0.39, 0.29) is 25.7 Å². The van der Waals surface area contributed by atoms with Gasteiger partial charge in [-0.15, -0.1) is 0 Å². The van der Waals surface area contributed by atoms with Crippen LogP contribution in [0.4, 0.5) is 0 Å². The van der Waals surface area contributed by atoms with Gasteiger partial charge in [0.05, 0.1) is 26.4 Å². The molecule has 0 aromatic heterocycles. The van der Waals surface area contributed by atoms with Crippen LogP contribution < -0.4 is 0 Å². The molecule has 0 fully saturated rings. The zero-order valence-electron chi connectivity index (χ0n) is 59.9. The highest BCUT2D eigenvalue weighted by Crippen LogP contribution is 2.45. The number of hydrogen-bond donors (Lipinski definition) is 3. The minimum atomic E-state index is -4.95. The number of hydrogen-bond acceptors (Lipinski definition) is 15. The van der Waals surface area contributed by atoms with Gasteiger partial charge < -0.3 is 33.8 Å². The van der Waals surface area contributed by atoms with E-state index >= 15 is 0 Å². The van der Waals surface area contributed by atoms with E-state index in [4.69, 9.17) is 37.0 Å². The van der Waals surface area contributed by atoms with Gasteiger partial charge in [0.2, 0.25) is 0 Å². The number of carbonyl (C=O) groups is 4. The van der Waals surface area contributed by atoms with E-state index in [9.17, 15) is 43.2 Å². The molecule has 0 spiro atoms. The summed E-state index contributed by atoms with van der Waals surface area (Å²) in [5, 5.41) is 10.6. The summed E-state index contributed by atoms with van der Waals surface area (Å²) in [6.45, 7) is 9.60. The standard InChI is InChI=1S/C73H142O17P2/c1-7-11-13-15-17-29-37-43-49-55-70(75)83-61-68(89-72(77)57-51-45-39-30-18-16-14-12-8-2)63-87-91(79,80)85-59-67(74)60-86-92(81,82)88-64-69(62-84-71(76)56-50-44-38-34-33-36-42-48-54-66(6)10-4)90-73(78)58-52-46-40-32-28-26-24-22-20-19-21-23-25-27-31-35-41-47-53-65(5)9-3/h65-69,74H,7-64H2,1-6H3,(H,79,80)(H,81,82)/t65?,66?,67-,68+,69+/m0/s1. The van der Waals surface area contributed by atoms with Gasteiger partial charge in [0, 0.05) is 25.7 Å². The Morgan fingerprint density at radius 3 is 0.772 bits per heavy atom. The van der Waals surface area contributed by atoms with Crippen LogP contribution in [0.15, 0.2) is 0 Å². The maximum atomic E-state index is 13.1. The molecule has 0 heterocycles. The van der Waals surface area contributed by atoms with Gasteiger partial charge in [-0.05, 0) is 37.5 Å². The van der Waals surface area contributed by atoms with E-state index in [2.05, 4.69) is 41.5 Å². The normalized spacial score (nSPS) is 14.7. The van der Waals surface area contributed by atoms with Gasteiger partial charge >= 0.3 is 39.5 Å². The monoisotopic (exact) mass is 1350 g/mol. The summed E-state index contributed by atoms with van der Waals surface area (Å²) in [4.78, 5) is 72.5. The molecule has 0 aromatic rings. The van der Waals surface area contributed by atoms with E-state index in [1.807, 2.05) is 0 Å². The molecule has 7 atom stereocenters. The van der Waals surface area contributed by atoms with Gasteiger partial charge in [-0.3, -0.25) is 37.3 Å². The first-order valence-corrected chi connectivity index (χ1v) is 41.1. The maximum Gasteiger partial charge on any atom is 0.472 e. The van der Waals surface area contributed by atoms with Gasteiger partial charge in [-0.1, -0.05) is 324 Å². The van der Waals surface area contributed by atoms with E-state index in [1.54, 1.807) is 0 Å². The van der Waals surface area contributed by atoms with Crippen LogP contribution in [0.25, 0.3) is 0 Å². The van der Waals surface area contributed by atoms with Gasteiger partial charge in [0.1, 0.15) is 19.3 Å². The molecule has 0 aliphatic heterocycles. The first-order valence-electron chi connectivity index (χ1n) is 38.1. The predicted molar refractivity (Wildman–Crippen MR) is 372 cm³/mol. The van der Waals surface area contributed by atoms with Gasteiger partial charge in [-0.25, -0.2) is 9.13 Å². The molecule has 0 aliphatic rings. The quantitative estimate of drug-likeness (QED) is 0.0222. The summed E-state index contributed by atoms with van der Waals surface area (Å²) < 4.78 is 68.3. The number of esters is 4. The van der Waals surface area contributed by atoms with Crippen molar-refractivity contribution in [1.82, 2.24) is 0 Å². The lowest BCUT2D eigenvalue weighted by atomic mass is 9.99. The van der Waals surface area contributed by atoms with Gasteiger partial charge in [0.25, 0.3) is 0 Å². The van der Waals surface area contributed by atoms with E-state index < -0.39 is 97.5 Å². The lowest BCUT2D eigenvalue weighted by Gasteiger charge is -2.21. The third-order valence-corrected chi connectivity index (χ3v) is 19.6. The van der Waals surface area contributed by atoms with Crippen LogP contribution in [0, 0.1) is 11.8 Å². The molecule has 0 amide bonds. The summed E-state index contributed by atoms with van der Waals surface area (Å²) in [6, 6.07) is 0. The fourth-order valence-corrected chi connectivity index (χ4v) is 12.6. The number of rotatable bonds is 72. The summed E-state index contributed by atoms with van der Waals surface area (Å²) in [5.74, 6) is -0.475. The van der Waals surface area contributed by atoms with Crippen LogP contribution >= 0.6 is 15.6 Å². The highest BCUT2D eigenvalue weighted by atomic mass is 31.2. The molecule has 0 saturated heterocycles. The van der Waals surface area contributed by atoms with Crippen molar-refractivity contribution < 1.29 is 80.2 Å². The Hall–Kier alpha value is -1.94. The highest BCUT2D eigenvalue weighted by molar-refractivity contribution is 7.47. The van der Waals surface area contributed by atoms with Crippen molar-refractivity contribution in [2.24, 2.45) is 11.8 Å². The molecule has 0 bridgehead atoms. The Morgan fingerprint density at radius 1 is 0.304 bits per heavy atom. The third-order valence-electron chi connectivity index (χ3n) is 17.7. The first-order chi connectivity index (χ1) is 44.4. The predicted octanol–water partition coefficient (Wildman–Crippen LogP) is 21.2. The SMILES string of the molecule is CCCCCCCCCCCC(=O)OC[C@H](COP(=O)(O)OC[C@H](O)COP(=O)(O)OC[C@@H](COC(=O)CCCCCCCCCCC(C)CC)OC(=O)CCCCCCCCCCCCCCCCCCCCC(C)CC)OC(=O)CCCCCCCCCCC. The van der Waals surface area contributed by atoms with Crippen LogP contribution in [0.3, 0.4) is 0 Å². The Bertz CT molecular complexity index is 1790. The van der Waals surface area contributed by atoms with Crippen LogP contribution in [-0.4, -0.2) is 96.7 Å². The summed E-state index contributed by atoms with van der Waals surface area (Å²) in [7, 11) is -9.90. The summed E-state index contributed by atoms with van der Waals surface area (Å²) in [5.41, 5.74) is 0. The van der Waals surface area contributed by atoms with Crippen LogP contribution in [0.5, 0.6) is 0 Å². The average Bonchev–Trinajstić information content (AvgIpc) is 3.66. The van der Waals surface area contributed by atoms with Gasteiger partial charge in [-0.2, -0.15) is 0 Å². The number of phosphoric ester groups is 2. The third kappa shape index (κ3) is 64.1. The second-order valence-electron chi connectivity index (χ2n) is 26.8. The first kappa shape index (κ1) is 90.1. The zero-order chi connectivity index (χ0) is 67.9. The molecular weight excluding hydrogens is 1210 g/mol. The Kier molecular flexibility index (Phi) is 63.7.